The van der Waals surface area contributed by atoms with Gasteiger partial charge in [-0.1, -0.05) is 23.7 Å². The summed E-state index contributed by atoms with van der Waals surface area (Å²) in [6.07, 6.45) is 1.62. The predicted molar refractivity (Wildman–Crippen MR) is 140 cm³/mol. The fraction of sp³-hybridized carbons (Fsp3) is 0.308. The molecule has 194 valence electrons. The Hall–Kier alpha value is -3.73. The molecule has 0 bridgehead atoms. The highest BCUT2D eigenvalue weighted by Crippen LogP contribution is 2.20. The molecule has 37 heavy (non-hydrogen) atoms. The fourth-order valence-electron chi connectivity index (χ4n) is 4.37. The van der Waals surface area contributed by atoms with E-state index in [1.807, 2.05) is 13.8 Å². The summed E-state index contributed by atoms with van der Waals surface area (Å²) in [5, 5.41) is 6.01. The first-order valence-electron chi connectivity index (χ1n) is 11.9. The Morgan fingerprint density at radius 2 is 1.73 bits per heavy atom. The van der Waals surface area contributed by atoms with Crippen LogP contribution in [0.15, 0.2) is 54.9 Å². The minimum Gasteiger partial charge on any atom is -0.373 e. The van der Waals surface area contributed by atoms with Crippen LogP contribution in [-0.4, -0.2) is 70.6 Å². The second-order valence-electron chi connectivity index (χ2n) is 8.93. The summed E-state index contributed by atoms with van der Waals surface area (Å²) in [7, 11) is 0. The summed E-state index contributed by atoms with van der Waals surface area (Å²) in [6, 6.07) is 13.5. The number of amides is 3. The molecule has 0 spiro atoms. The third-order valence-electron chi connectivity index (χ3n) is 5.95. The number of halogens is 1. The Labute approximate surface area is 219 Å². The van der Waals surface area contributed by atoms with Gasteiger partial charge in [0.15, 0.2) is 5.69 Å². The average Bonchev–Trinajstić information content (AvgIpc) is 3.30. The van der Waals surface area contributed by atoms with Crippen molar-refractivity contribution < 1.29 is 19.1 Å². The number of primary amides is 1. The number of morpholine rings is 1. The number of rotatable bonds is 8. The van der Waals surface area contributed by atoms with E-state index in [4.69, 9.17) is 22.1 Å². The highest BCUT2D eigenvalue weighted by atomic mass is 35.5. The Morgan fingerprint density at radius 3 is 2.38 bits per heavy atom. The van der Waals surface area contributed by atoms with Crippen molar-refractivity contribution in [3.8, 4) is 5.69 Å². The molecule has 1 saturated heterocycles. The number of carbonyl (C=O) groups excluding carboxylic acids is 3. The van der Waals surface area contributed by atoms with Crippen LogP contribution in [0.4, 0.5) is 5.69 Å². The lowest BCUT2D eigenvalue weighted by Crippen LogP contribution is -2.48. The zero-order valence-electron chi connectivity index (χ0n) is 20.6. The number of aromatic nitrogens is 2. The van der Waals surface area contributed by atoms with Gasteiger partial charge in [-0.25, -0.2) is 4.98 Å². The van der Waals surface area contributed by atoms with Crippen molar-refractivity contribution in [2.75, 3.05) is 31.5 Å². The first-order chi connectivity index (χ1) is 17.7. The molecule has 4 N–H and O–H groups in total. The zero-order chi connectivity index (χ0) is 26.5. The fourth-order valence-corrected chi connectivity index (χ4v) is 4.59. The lowest BCUT2D eigenvalue weighted by molar-refractivity contribution is -0.0672. The molecular formula is C26H29ClN6O4. The second kappa shape index (κ2) is 11.5. The smallest absolute Gasteiger partial charge is 0.270 e. The molecule has 4 rings (SSSR count). The van der Waals surface area contributed by atoms with Gasteiger partial charge in [0.05, 0.1) is 22.8 Å². The van der Waals surface area contributed by atoms with E-state index in [0.29, 0.717) is 35.1 Å². The van der Waals surface area contributed by atoms with Crippen molar-refractivity contribution in [3.05, 3.63) is 76.8 Å². The van der Waals surface area contributed by atoms with Crippen LogP contribution >= 0.6 is 11.6 Å². The summed E-state index contributed by atoms with van der Waals surface area (Å²) in [5.41, 5.74) is 6.87. The summed E-state index contributed by atoms with van der Waals surface area (Å²) in [4.78, 5) is 43.9. The summed E-state index contributed by atoms with van der Waals surface area (Å²) < 4.78 is 7.24. The minimum atomic E-state index is -0.802. The first-order valence-corrected chi connectivity index (χ1v) is 12.3. The number of nitrogens with two attached hydrogens (primary N) is 1. The molecule has 0 aliphatic carbocycles. The van der Waals surface area contributed by atoms with E-state index < -0.39 is 11.8 Å². The molecule has 3 aromatic rings. The number of carbonyl (C=O) groups is 3. The standard InChI is InChI=1S/C26H29ClN6O4/c1-16-13-32(14-17(2)37-16)12-11-29-26(36)23-22(24(28)34)30-15-33(23)19-9-7-18(8-10-19)31-25(35)20-5-3-4-6-21(20)27/h3-10,15-17H,11-14H2,1-2H3,(H2,28,34)(H,29,36)(H,31,35). The lowest BCUT2D eigenvalue weighted by Gasteiger charge is -2.35. The molecule has 1 aromatic heterocycles. The maximum absolute atomic E-state index is 13.1. The third kappa shape index (κ3) is 6.34. The molecule has 11 heteroatoms. The Kier molecular flexibility index (Phi) is 8.22. The number of ether oxygens (including phenoxy) is 1. The monoisotopic (exact) mass is 524 g/mol. The molecule has 1 aliphatic heterocycles. The maximum Gasteiger partial charge on any atom is 0.270 e. The van der Waals surface area contributed by atoms with Crippen molar-refractivity contribution >= 4 is 35.0 Å². The van der Waals surface area contributed by atoms with Crippen LogP contribution in [0, 0.1) is 0 Å². The van der Waals surface area contributed by atoms with Crippen molar-refractivity contribution in [2.45, 2.75) is 26.1 Å². The summed E-state index contributed by atoms with van der Waals surface area (Å²) in [5.74, 6) is -1.61. The predicted octanol–water partition coefficient (Wildman–Crippen LogP) is 2.72. The van der Waals surface area contributed by atoms with Crippen LogP contribution in [0.5, 0.6) is 0 Å². The van der Waals surface area contributed by atoms with E-state index in [-0.39, 0.29) is 29.5 Å². The maximum atomic E-state index is 13.1. The largest absolute Gasteiger partial charge is 0.373 e. The second-order valence-corrected chi connectivity index (χ2v) is 9.34. The molecule has 0 radical (unpaired) electrons. The van der Waals surface area contributed by atoms with Crippen LogP contribution in [0.25, 0.3) is 5.69 Å². The zero-order valence-corrected chi connectivity index (χ0v) is 21.4. The molecule has 0 saturated carbocycles. The molecule has 1 aliphatic rings. The Balaban J connectivity index is 1.46. The number of hydrogen-bond donors (Lipinski definition) is 3. The van der Waals surface area contributed by atoms with Gasteiger partial charge in [-0.2, -0.15) is 0 Å². The van der Waals surface area contributed by atoms with Gasteiger partial charge in [0.1, 0.15) is 12.0 Å². The van der Waals surface area contributed by atoms with Crippen LogP contribution < -0.4 is 16.4 Å². The molecule has 1 fully saturated rings. The van der Waals surface area contributed by atoms with E-state index in [1.54, 1.807) is 48.5 Å². The van der Waals surface area contributed by atoms with E-state index in [1.165, 1.54) is 10.9 Å². The van der Waals surface area contributed by atoms with Crippen molar-refractivity contribution in [1.82, 2.24) is 19.8 Å². The van der Waals surface area contributed by atoms with E-state index in [0.717, 1.165) is 13.1 Å². The van der Waals surface area contributed by atoms with E-state index in [2.05, 4.69) is 20.5 Å². The lowest BCUT2D eigenvalue weighted by atomic mass is 10.2. The van der Waals surface area contributed by atoms with E-state index >= 15 is 0 Å². The van der Waals surface area contributed by atoms with Gasteiger partial charge in [-0.05, 0) is 50.2 Å². The van der Waals surface area contributed by atoms with Gasteiger partial charge in [0.25, 0.3) is 17.7 Å². The Morgan fingerprint density at radius 1 is 1.05 bits per heavy atom. The molecule has 2 aromatic carbocycles. The number of nitrogens with one attached hydrogen (secondary N) is 2. The van der Waals surface area contributed by atoms with Crippen LogP contribution in [0.1, 0.15) is 45.2 Å². The minimum absolute atomic E-state index is 0.0454. The van der Waals surface area contributed by atoms with Gasteiger partial charge in [-0.15, -0.1) is 0 Å². The number of imidazole rings is 1. The number of hydrogen-bond acceptors (Lipinski definition) is 6. The van der Waals surface area contributed by atoms with Gasteiger partial charge >= 0.3 is 0 Å². The molecule has 10 nitrogen and oxygen atoms in total. The highest BCUT2D eigenvalue weighted by molar-refractivity contribution is 6.34. The van der Waals surface area contributed by atoms with E-state index in [9.17, 15) is 14.4 Å². The van der Waals surface area contributed by atoms with Gasteiger partial charge in [-0.3, -0.25) is 23.9 Å². The summed E-state index contributed by atoms with van der Waals surface area (Å²) >= 11 is 6.10. The highest BCUT2D eigenvalue weighted by Gasteiger charge is 2.25. The van der Waals surface area contributed by atoms with Crippen LogP contribution in [0.2, 0.25) is 5.02 Å². The number of nitrogens with zero attached hydrogens (tertiary/aromatic N) is 3. The average molecular weight is 525 g/mol. The van der Waals surface area contributed by atoms with Crippen molar-refractivity contribution in [2.24, 2.45) is 5.73 Å². The normalized spacial score (nSPS) is 17.8. The third-order valence-corrected chi connectivity index (χ3v) is 6.28. The van der Waals surface area contributed by atoms with Gasteiger partial charge < -0.3 is 21.1 Å². The van der Waals surface area contributed by atoms with Gasteiger partial charge in [0.2, 0.25) is 0 Å². The number of benzene rings is 2. The quantitative estimate of drug-likeness (QED) is 0.415. The molecular weight excluding hydrogens is 496 g/mol. The van der Waals surface area contributed by atoms with Crippen LogP contribution in [0.3, 0.4) is 0 Å². The molecule has 3 amide bonds. The Bertz CT molecular complexity index is 1280. The van der Waals surface area contributed by atoms with Crippen molar-refractivity contribution in [3.63, 3.8) is 0 Å². The SMILES string of the molecule is CC1CN(CCNC(=O)c2c(C(N)=O)ncn2-c2ccc(NC(=O)c3ccccc3Cl)cc2)CC(C)O1. The molecule has 2 atom stereocenters. The van der Waals surface area contributed by atoms with Crippen LogP contribution in [-0.2, 0) is 4.74 Å². The van der Waals surface area contributed by atoms with Gasteiger partial charge in [0, 0.05) is 37.6 Å². The summed E-state index contributed by atoms with van der Waals surface area (Å²) in [6.45, 7) is 6.63. The first kappa shape index (κ1) is 26.3. The molecule has 2 heterocycles. The topological polar surface area (TPSA) is 132 Å². The number of anilines is 1. The van der Waals surface area contributed by atoms with Crippen molar-refractivity contribution in [1.29, 1.82) is 0 Å². The molecule has 2 unspecified atom stereocenters.